The van der Waals surface area contributed by atoms with E-state index in [4.69, 9.17) is 19.4 Å². The van der Waals surface area contributed by atoms with E-state index in [0.717, 1.165) is 66.6 Å². The molecule has 5 nitrogen and oxygen atoms in total. The molecule has 10 rings (SSSR count). The largest absolute Gasteiger partial charge is 0.463 e. The number of fused-ring (bicyclic) bond motifs is 5. The van der Waals surface area contributed by atoms with Gasteiger partial charge < -0.3 is 4.42 Å². The molecule has 0 saturated carbocycles. The van der Waals surface area contributed by atoms with Crippen LogP contribution in [0.3, 0.4) is 0 Å². The monoisotopic (exact) mass is 690 g/mol. The van der Waals surface area contributed by atoms with Crippen molar-refractivity contribution >= 4 is 11.0 Å². The van der Waals surface area contributed by atoms with Crippen molar-refractivity contribution < 1.29 is 4.42 Å². The Morgan fingerprint density at radius 1 is 0.463 bits per heavy atom. The van der Waals surface area contributed by atoms with Gasteiger partial charge in [-0.05, 0) is 62.7 Å². The fourth-order valence-electron chi connectivity index (χ4n) is 8.12. The third-order valence-electron chi connectivity index (χ3n) is 10.5. The SMILES string of the molecule is N#Cc1cc2c(c3ccoc13)-c1ccc(-c3ccc(-c4nc(-c5ccccc5)nc(-c5ccccc5)n4)cc3)cc1C2(c1ccccc1)c1ccccc1. The number of hydrogen-bond donors (Lipinski definition) is 0. The first-order valence-electron chi connectivity index (χ1n) is 17.9. The van der Waals surface area contributed by atoms with Crippen molar-refractivity contribution in [3.63, 3.8) is 0 Å². The lowest BCUT2D eigenvalue weighted by molar-refractivity contribution is 0.614. The third kappa shape index (κ3) is 4.89. The zero-order valence-electron chi connectivity index (χ0n) is 29.0. The smallest absolute Gasteiger partial charge is 0.164 e. The van der Waals surface area contributed by atoms with Gasteiger partial charge in [0.05, 0.1) is 17.2 Å². The summed E-state index contributed by atoms with van der Waals surface area (Å²) in [7, 11) is 0. The standard InChI is InChI=1S/C49H30N4O/c50-31-37-30-43-44(41-27-28-54-45(37)41)40-26-25-36(29-42(40)49(43,38-17-9-3-10-18-38)39-19-11-4-12-20-39)32-21-23-35(24-22-32)48-52-46(33-13-5-1-6-14-33)51-47(53-48)34-15-7-2-8-16-34/h1-30H. The van der Waals surface area contributed by atoms with Crippen molar-refractivity contribution in [2.24, 2.45) is 0 Å². The van der Waals surface area contributed by atoms with Crippen LogP contribution in [0.2, 0.25) is 0 Å². The lowest BCUT2D eigenvalue weighted by Crippen LogP contribution is -2.28. The predicted molar refractivity (Wildman–Crippen MR) is 213 cm³/mol. The number of furan rings is 1. The molecule has 5 heteroatoms. The Kier molecular flexibility index (Phi) is 7.35. The van der Waals surface area contributed by atoms with E-state index in [-0.39, 0.29) is 0 Å². The summed E-state index contributed by atoms with van der Waals surface area (Å²) < 4.78 is 5.93. The van der Waals surface area contributed by atoms with Crippen LogP contribution in [-0.4, -0.2) is 15.0 Å². The lowest BCUT2D eigenvalue weighted by Gasteiger charge is -2.34. The molecule has 0 aliphatic heterocycles. The van der Waals surface area contributed by atoms with Crippen molar-refractivity contribution in [1.29, 1.82) is 5.26 Å². The summed E-state index contributed by atoms with van der Waals surface area (Å²) in [5, 5.41) is 11.3. The maximum Gasteiger partial charge on any atom is 0.164 e. The van der Waals surface area contributed by atoms with Gasteiger partial charge in [-0.3, -0.25) is 0 Å². The van der Waals surface area contributed by atoms with Crippen molar-refractivity contribution in [3.05, 3.63) is 210 Å². The first-order valence-corrected chi connectivity index (χ1v) is 17.9. The van der Waals surface area contributed by atoms with E-state index in [2.05, 4.69) is 109 Å². The summed E-state index contributed by atoms with van der Waals surface area (Å²) >= 11 is 0. The van der Waals surface area contributed by atoms with Crippen LogP contribution in [0.25, 0.3) is 67.4 Å². The summed E-state index contributed by atoms with van der Waals surface area (Å²) in [6.07, 6.45) is 1.69. The highest BCUT2D eigenvalue weighted by Crippen LogP contribution is 2.59. The molecule has 1 aliphatic carbocycles. The summed E-state index contributed by atoms with van der Waals surface area (Å²) in [6, 6.07) is 63.0. The van der Waals surface area contributed by atoms with E-state index >= 15 is 0 Å². The molecule has 1 aliphatic rings. The molecule has 2 aromatic heterocycles. The summed E-state index contributed by atoms with van der Waals surface area (Å²) in [5.41, 5.74) is 12.1. The van der Waals surface area contributed by atoms with Gasteiger partial charge in [0.1, 0.15) is 6.07 Å². The minimum absolute atomic E-state index is 0.526. The van der Waals surface area contributed by atoms with E-state index in [1.54, 1.807) is 6.26 Å². The first-order chi connectivity index (χ1) is 26.7. The molecule has 0 spiro atoms. The molecule has 0 N–H and O–H groups in total. The minimum Gasteiger partial charge on any atom is -0.463 e. The van der Waals surface area contributed by atoms with Crippen molar-refractivity contribution in [2.45, 2.75) is 5.41 Å². The zero-order valence-corrected chi connectivity index (χ0v) is 29.0. The Bertz CT molecular complexity index is 2760. The summed E-state index contributed by atoms with van der Waals surface area (Å²) in [4.78, 5) is 14.7. The topological polar surface area (TPSA) is 75.6 Å². The Hall–Kier alpha value is -7.42. The number of rotatable bonds is 6. The molecule has 252 valence electrons. The molecule has 54 heavy (non-hydrogen) atoms. The third-order valence-corrected chi connectivity index (χ3v) is 10.5. The van der Waals surface area contributed by atoms with E-state index in [1.807, 2.05) is 72.8 Å². The van der Waals surface area contributed by atoms with Crippen LogP contribution in [0, 0.1) is 11.3 Å². The zero-order chi connectivity index (χ0) is 36.1. The Morgan fingerprint density at radius 2 is 0.944 bits per heavy atom. The minimum atomic E-state index is -0.674. The molecule has 9 aromatic rings. The van der Waals surface area contributed by atoms with E-state index in [9.17, 15) is 5.26 Å². The van der Waals surface area contributed by atoms with Crippen LogP contribution in [0.5, 0.6) is 0 Å². The molecule has 2 heterocycles. The van der Waals surface area contributed by atoms with Gasteiger partial charge in [-0.1, -0.05) is 158 Å². The predicted octanol–water partition coefficient (Wildman–Crippen LogP) is 11.5. The molecule has 0 atom stereocenters. The molecule has 0 radical (unpaired) electrons. The Balaban J connectivity index is 1.14. The van der Waals surface area contributed by atoms with Gasteiger partial charge in [-0.2, -0.15) is 5.26 Å². The summed E-state index contributed by atoms with van der Waals surface area (Å²) in [5.74, 6) is 1.88. The normalized spacial score (nSPS) is 12.6. The second kappa shape index (κ2) is 12.7. The molecular formula is C49H30N4O. The van der Waals surface area contributed by atoms with Crippen LogP contribution >= 0.6 is 0 Å². The molecule has 0 amide bonds. The van der Waals surface area contributed by atoms with Gasteiger partial charge in [-0.25, -0.2) is 15.0 Å². The van der Waals surface area contributed by atoms with Crippen molar-refractivity contribution in [3.8, 4) is 62.5 Å². The average molecular weight is 691 g/mol. The molecule has 0 bridgehead atoms. The van der Waals surface area contributed by atoms with Gasteiger partial charge in [-0.15, -0.1) is 0 Å². The maximum absolute atomic E-state index is 10.3. The van der Waals surface area contributed by atoms with Crippen LogP contribution in [-0.2, 0) is 5.41 Å². The lowest BCUT2D eigenvalue weighted by atomic mass is 9.67. The Labute approximate surface area is 312 Å². The second-order valence-corrected chi connectivity index (χ2v) is 13.5. The first kappa shape index (κ1) is 31.3. The molecule has 0 unspecified atom stereocenters. The van der Waals surface area contributed by atoms with Crippen LogP contribution in [0.4, 0.5) is 0 Å². The van der Waals surface area contributed by atoms with E-state index < -0.39 is 5.41 Å². The van der Waals surface area contributed by atoms with Crippen LogP contribution in [0.1, 0.15) is 27.8 Å². The number of nitriles is 1. The highest BCUT2D eigenvalue weighted by atomic mass is 16.3. The number of aromatic nitrogens is 3. The molecule has 7 aromatic carbocycles. The quantitative estimate of drug-likeness (QED) is 0.174. The number of hydrogen-bond acceptors (Lipinski definition) is 5. The average Bonchev–Trinajstić information content (AvgIpc) is 3.86. The molecule has 0 saturated heterocycles. The van der Waals surface area contributed by atoms with Gasteiger partial charge >= 0.3 is 0 Å². The van der Waals surface area contributed by atoms with E-state index in [1.165, 1.54) is 0 Å². The number of nitrogens with zero attached hydrogens (tertiary/aromatic N) is 4. The van der Waals surface area contributed by atoms with Gasteiger partial charge in [0, 0.05) is 22.1 Å². The fraction of sp³-hybridized carbons (Fsp3) is 0.0204. The van der Waals surface area contributed by atoms with Gasteiger partial charge in [0.25, 0.3) is 0 Å². The van der Waals surface area contributed by atoms with E-state index in [0.29, 0.717) is 28.6 Å². The molecule has 0 fully saturated rings. The van der Waals surface area contributed by atoms with Crippen molar-refractivity contribution in [1.82, 2.24) is 15.0 Å². The fourth-order valence-corrected chi connectivity index (χ4v) is 8.12. The highest BCUT2D eigenvalue weighted by molar-refractivity contribution is 6.04. The van der Waals surface area contributed by atoms with Crippen LogP contribution < -0.4 is 0 Å². The Morgan fingerprint density at radius 3 is 1.48 bits per heavy atom. The van der Waals surface area contributed by atoms with Crippen LogP contribution in [0.15, 0.2) is 187 Å². The highest BCUT2D eigenvalue weighted by Gasteiger charge is 2.47. The van der Waals surface area contributed by atoms with Crippen molar-refractivity contribution in [2.75, 3.05) is 0 Å². The van der Waals surface area contributed by atoms with Gasteiger partial charge in [0.2, 0.25) is 0 Å². The van der Waals surface area contributed by atoms with Gasteiger partial charge in [0.15, 0.2) is 23.1 Å². The molecular weight excluding hydrogens is 661 g/mol. The maximum atomic E-state index is 10.3. The number of benzene rings is 7. The second-order valence-electron chi connectivity index (χ2n) is 13.5. The summed E-state index contributed by atoms with van der Waals surface area (Å²) in [6.45, 7) is 0.